The van der Waals surface area contributed by atoms with Crippen molar-refractivity contribution >= 4 is 23.1 Å². The van der Waals surface area contributed by atoms with Crippen LogP contribution in [-0.4, -0.2) is 57.3 Å². The van der Waals surface area contributed by atoms with Gasteiger partial charge in [0, 0.05) is 43.6 Å². The highest BCUT2D eigenvalue weighted by Gasteiger charge is 2.39. The van der Waals surface area contributed by atoms with E-state index in [1.807, 2.05) is 13.8 Å². The van der Waals surface area contributed by atoms with Gasteiger partial charge < -0.3 is 24.3 Å². The molecule has 0 saturated heterocycles. The minimum Gasteiger partial charge on any atom is -0.497 e. The average molecular weight is 455 g/mol. The fourth-order valence-electron chi connectivity index (χ4n) is 3.54. The zero-order valence-electron chi connectivity index (χ0n) is 19.5. The highest BCUT2D eigenvalue weighted by molar-refractivity contribution is 6.36. The molecular weight excluding hydrogens is 424 g/mol. The lowest BCUT2D eigenvalue weighted by Gasteiger charge is -2.15. The number of benzene rings is 2. The van der Waals surface area contributed by atoms with Crippen molar-refractivity contribution in [3.05, 3.63) is 53.7 Å². The van der Waals surface area contributed by atoms with Gasteiger partial charge in [0.05, 0.1) is 26.4 Å². The van der Waals surface area contributed by atoms with E-state index in [9.17, 15) is 9.59 Å². The van der Waals surface area contributed by atoms with E-state index in [1.165, 1.54) is 4.90 Å². The van der Waals surface area contributed by atoms with Crippen LogP contribution in [0.5, 0.6) is 17.2 Å². The molecule has 3 rings (SSSR count). The second-order valence-electron chi connectivity index (χ2n) is 7.25. The van der Waals surface area contributed by atoms with Crippen molar-refractivity contribution in [2.24, 2.45) is 0 Å². The second kappa shape index (κ2) is 11.4. The third kappa shape index (κ3) is 5.64. The normalized spacial score (nSPS) is 13.5. The summed E-state index contributed by atoms with van der Waals surface area (Å²) >= 11 is 0. The molecule has 0 atom stereocenters. The molecule has 0 bridgehead atoms. The Kier molecular flexibility index (Phi) is 8.32. The molecular formula is C25H30N2O6. The molecule has 1 aliphatic rings. The van der Waals surface area contributed by atoms with Crippen molar-refractivity contribution in [1.82, 2.24) is 4.90 Å². The van der Waals surface area contributed by atoms with Crippen molar-refractivity contribution in [2.45, 2.75) is 20.3 Å². The molecule has 0 unspecified atom stereocenters. The molecule has 0 spiro atoms. The molecule has 33 heavy (non-hydrogen) atoms. The van der Waals surface area contributed by atoms with E-state index in [1.54, 1.807) is 56.7 Å². The van der Waals surface area contributed by atoms with E-state index in [0.717, 1.165) is 0 Å². The number of nitrogens with zero attached hydrogens (tertiary/aromatic N) is 1. The summed E-state index contributed by atoms with van der Waals surface area (Å²) in [4.78, 5) is 27.9. The van der Waals surface area contributed by atoms with Crippen molar-refractivity contribution in [3.8, 4) is 17.2 Å². The predicted molar refractivity (Wildman–Crippen MR) is 126 cm³/mol. The molecule has 1 aliphatic heterocycles. The zero-order valence-corrected chi connectivity index (χ0v) is 19.5. The van der Waals surface area contributed by atoms with Crippen LogP contribution in [0.3, 0.4) is 0 Å². The first-order valence-corrected chi connectivity index (χ1v) is 10.9. The van der Waals surface area contributed by atoms with Crippen molar-refractivity contribution in [1.29, 1.82) is 0 Å². The number of hydrogen-bond acceptors (Lipinski definition) is 7. The smallest absolute Gasteiger partial charge is 0.278 e. The molecule has 0 fully saturated rings. The van der Waals surface area contributed by atoms with E-state index in [2.05, 4.69) is 5.32 Å². The van der Waals surface area contributed by atoms with Crippen molar-refractivity contribution in [2.75, 3.05) is 45.9 Å². The Balaban J connectivity index is 1.98. The lowest BCUT2D eigenvalue weighted by molar-refractivity contribution is -0.137. The van der Waals surface area contributed by atoms with Gasteiger partial charge in [-0.15, -0.1) is 0 Å². The monoisotopic (exact) mass is 454 g/mol. The number of hydrogen-bond donors (Lipinski definition) is 1. The van der Waals surface area contributed by atoms with Gasteiger partial charge in [0.2, 0.25) is 0 Å². The largest absolute Gasteiger partial charge is 0.497 e. The Labute approximate surface area is 194 Å². The predicted octanol–water partition coefficient (Wildman–Crippen LogP) is 3.72. The standard InChI is InChI=1S/C25H30N2O6/c1-5-32-13-7-12-27-24(28)22(17-8-10-19(11-9-17)33-6-2)23(25(27)29)26-18-14-20(30-3)16-21(15-18)31-4/h8-11,14-16,26H,5-7,12-13H2,1-4H3. The molecule has 0 radical (unpaired) electrons. The Morgan fingerprint density at radius 3 is 2.09 bits per heavy atom. The Morgan fingerprint density at radius 2 is 1.52 bits per heavy atom. The third-order valence-electron chi connectivity index (χ3n) is 5.12. The molecule has 8 nitrogen and oxygen atoms in total. The van der Waals surface area contributed by atoms with E-state index in [0.29, 0.717) is 60.3 Å². The van der Waals surface area contributed by atoms with E-state index >= 15 is 0 Å². The lowest BCUT2D eigenvalue weighted by atomic mass is 10.0. The summed E-state index contributed by atoms with van der Waals surface area (Å²) in [7, 11) is 3.10. The van der Waals surface area contributed by atoms with Crippen LogP contribution in [0.25, 0.3) is 5.57 Å². The maximum absolute atomic E-state index is 13.3. The molecule has 2 amide bonds. The minimum atomic E-state index is -0.387. The van der Waals surface area contributed by atoms with Crippen LogP contribution in [0.4, 0.5) is 5.69 Å². The van der Waals surface area contributed by atoms with Crippen LogP contribution in [0, 0.1) is 0 Å². The molecule has 0 aromatic heterocycles. The quantitative estimate of drug-likeness (QED) is 0.386. The summed E-state index contributed by atoms with van der Waals surface area (Å²) < 4.78 is 21.5. The molecule has 0 saturated carbocycles. The van der Waals surface area contributed by atoms with Gasteiger partial charge in [-0.1, -0.05) is 12.1 Å². The number of anilines is 1. The molecule has 2 aromatic carbocycles. The molecule has 8 heteroatoms. The SMILES string of the molecule is CCOCCCN1C(=O)C(Nc2cc(OC)cc(OC)c2)=C(c2ccc(OCC)cc2)C1=O. The van der Waals surface area contributed by atoms with Crippen LogP contribution in [0.2, 0.25) is 0 Å². The maximum Gasteiger partial charge on any atom is 0.278 e. The summed E-state index contributed by atoms with van der Waals surface area (Å²) in [5, 5.41) is 3.14. The fourth-order valence-corrected chi connectivity index (χ4v) is 3.54. The number of carbonyl (C=O) groups is 2. The van der Waals surface area contributed by atoms with Crippen molar-refractivity contribution < 1.29 is 28.5 Å². The Bertz CT molecular complexity index is 994. The number of ether oxygens (including phenoxy) is 4. The Hall–Kier alpha value is -3.52. The Morgan fingerprint density at radius 1 is 0.848 bits per heavy atom. The highest BCUT2D eigenvalue weighted by atomic mass is 16.5. The number of methoxy groups -OCH3 is 2. The highest BCUT2D eigenvalue weighted by Crippen LogP contribution is 2.33. The summed E-state index contributed by atoms with van der Waals surface area (Å²) in [5.41, 5.74) is 1.71. The number of carbonyl (C=O) groups excluding carboxylic acids is 2. The average Bonchev–Trinajstić information content (AvgIpc) is 3.06. The van der Waals surface area contributed by atoms with Gasteiger partial charge in [-0.2, -0.15) is 0 Å². The first-order valence-electron chi connectivity index (χ1n) is 10.9. The van der Waals surface area contributed by atoms with Crippen molar-refractivity contribution in [3.63, 3.8) is 0 Å². The molecule has 0 aliphatic carbocycles. The molecule has 2 aromatic rings. The first kappa shape index (κ1) is 24.1. The van der Waals surface area contributed by atoms with Gasteiger partial charge in [-0.05, 0) is 38.0 Å². The summed E-state index contributed by atoms with van der Waals surface area (Å²) in [5.74, 6) is 1.08. The van der Waals surface area contributed by atoms with Gasteiger partial charge in [-0.3, -0.25) is 14.5 Å². The van der Waals surface area contributed by atoms with Gasteiger partial charge in [0.15, 0.2) is 0 Å². The third-order valence-corrected chi connectivity index (χ3v) is 5.12. The van der Waals surface area contributed by atoms with E-state index in [4.69, 9.17) is 18.9 Å². The van der Waals surface area contributed by atoms with Gasteiger partial charge in [-0.25, -0.2) is 0 Å². The topological polar surface area (TPSA) is 86.3 Å². The summed E-state index contributed by atoms with van der Waals surface area (Å²) in [6.07, 6.45) is 0.558. The zero-order chi connectivity index (χ0) is 23.8. The number of imide groups is 1. The maximum atomic E-state index is 13.3. The van der Waals surface area contributed by atoms with Gasteiger partial charge in [0.25, 0.3) is 11.8 Å². The number of nitrogens with one attached hydrogen (secondary N) is 1. The van der Waals surface area contributed by atoms with Crippen LogP contribution < -0.4 is 19.5 Å². The van der Waals surface area contributed by atoms with Crippen LogP contribution in [0.1, 0.15) is 25.8 Å². The van der Waals surface area contributed by atoms with Crippen LogP contribution in [-0.2, 0) is 14.3 Å². The summed E-state index contributed by atoms with van der Waals surface area (Å²) in [6, 6.07) is 12.3. The lowest BCUT2D eigenvalue weighted by Crippen LogP contribution is -2.34. The summed E-state index contributed by atoms with van der Waals surface area (Å²) in [6.45, 7) is 5.68. The number of amides is 2. The molecule has 1 heterocycles. The molecule has 176 valence electrons. The molecule has 1 N–H and O–H groups in total. The van der Waals surface area contributed by atoms with E-state index in [-0.39, 0.29) is 24.1 Å². The van der Waals surface area contributed by atoms with E-state index < -0.39 is 0 Å². The fraction of sp³-hybridized carbons (Fsp3) is 0.360. The second-order valence-corrected chi connectivity index (χ2v) is 7.25. The van der Waals surface area contributed by atoms with Crippen LogP contribution in [0.15, 0.2) is 48.2 Å². The number of rotatable bonds is 12. The minimum absolute atomic E-state index is 0.205. The van der Waals surface area contributed by atoms with Gasteiger partial charge in [0.1, 0.15) is 22.9 Å². The van der Waals surface area contributed by atoms with Crippen LogP contribution >= 0.6 is 0 Å². The van der Waals surface area contributed by atoms with Gasteiger partial charge >= 0.3 is 0 Å². The first-order chi connectivity index (χ1) is 16.0.